The van der Waals surface area contributed by atoms with E-state index in [2.05, 4.69) is 27.3 Å². The Morgan fingerprint density at radius 3 is 2.84 bits per heavy atom. The predicted octanol–water partition coefficient (Wildman–Crippen LogP) is 1.47. The van der Waals surface area contributed by atoms with Crippen molar-refractivity contribution in [2.75, 3.05) is 31.2 Å². The first-order valence-electron chi connectivity index (χ1n) is 9.24. The lowest BCUT2D eigenvalue weighted by Gasteiger charge is -2.30. The van der Waals surface area contributed by atoms with Crippen molar-refractivity contribution in [3.8, 4) is 0 Å². The monoisotopic (exact) mass is 344 g/mol. The number of nitrogens with one attached hydrogen (secondary N) is 1. The number of hydrogen-bond donors (Lipinski definition) is 1. The van der Waals surface area contributed by atoms with Crippen molar-refractivity contribution in [2.45, 2.75) is 38.8 Å². The van der Waals surface area contributed by atoms with Crippen molar-refractivity contribution < 1.29 is 4.74 Å². The zero-order valence-corrected chi connectivity index (χ0v) is 15.5. The normalized spacial score (nSPS) is 20.8. The first kappa shape index (κ1) is 16.6. The summed E-state index contributed by atoms with van der Waals surface area (Å²) < 4.78 is 9.56. The topological polar surface area (TPSA) is 60.1 Å². The van der Waals surface area contributed by atoms with Crippen LogP contribution >= 0.6 is 0 Å². The molecule has 1 aliphatic heterocycles. The molecule has 2 aromatic heterocycles. The Labute approximate surface area is 148 Å². The van der Waals surface area contributed by atoms with Crippen molar-refractivity contribution in [3.63, 3.8) is 0 Å². The van der Waals surface area contributed by atoms with Crippen molar-refractivity contribution >= 4 is 5.82 Å². The molecule has 7 nitrogen and oxygen atoms in total. The van der Waals surface area contributed by atoms with Crippen LogP contribution in [0.1, 0.15) is 41.4 Å². The molecule has 1 fully saturated rings. The fourth-order valence-corrected chi connectivity index (χ4v) is 4.21. The maximum atomic E-state index is 5.51. The molecule has 1 atom stereocenters. The molecule has 4 rings (SSSR count). The van der Waals surface area contributed by atoms with Gasteiger partial charge in [-0.1, -0.05) is 0 Å². The molecule has 7 heteroatoms. The molecule has 0 amide bonds. The van der Waals surface area contributed by atoms with Crippen LogP contribution in [-0.2, 0) is 31.8 Å². The summed E-state index contributed by atoms with van der Waals surface area (Å²) in [5.41, 5.74) is 5.16. The van der Waals surface area contributed by atoms with Gasteiger partial charge in [0.2, 0.25) is 0 Å². The fourth-order valence-electron chi connectivity index (χ4n) is 4.21. The van der Waals surface area contributed by atoms with Gasteiger partial charge in [-0.3, -0.25) is 9.36 Å². The minimum absolute atomic E-state index is 0.384. The number of hydrogen-bond acceptors (Lipinski definition) is 5. The van der Waals surface area contributed by atoms with Gasteiger partial charge in [-0.15, -0.1) is 0 Å². The molecule has 1 aliphatic carbocycles. The standard InChI is InChI=1S/C18H28N6O/c1-13-14(18(23(3)21-13)24-7-9-25-10-8-24)11-19-16-5-4-6-17-15(16)12-20-22(17)2/h12,16,19H,4-11H2,1-3H3/t16-/m0/s1. The Hall–Kier alpha value is -1.86. The van der Waals surface area contributed by atoms with E-state index in [0.29, 0.717) is 6.04 Å². The molecule has 0 saturated carbocycles. The Morgan fingerprint density at radius 2 is 2.04 bits per heavy atom. The summed E-state index contributed by atoms with van der Waals surface area (Å²) in [6, 6.07) is 0.384. The van der Waals surface area contributed by atoms with Crippen LogP contribution in [0.5, 0.6) is 0 Å². The maximum Gasteiger partial charge on any atom is 0.131 e. The lowest BCUT2D eigenvalue weighted by atomic mass is 9.93. The summed E-state index contributed by atoms with van der Waals surface area (Å²) in [6.45, 7) is 6.39. The summed E-state index contributed by atoms with van der Waals surface area (Å²) in [7, 11) is 4.09. The minimum Gasteiger partial charge on any atom is -0.378 e. The van der Waals surface area contributed by atoms with E-state index in [0.717, 1.165) is 45.0 Å². The lowest BCUT2D eigenvalue weighted by molar-refractivity contribution is 0.122. The van der Waals surface area contributed by atoms with Crippen LogP contribution in [0.4, 0.5) is 5.82 Å². The largest absolute Gasteiger partial charge is 0.378 e. The number of anilines is 1. The molecule has 0 spiro atoms. The zero-order chi connectivity index (χ0) is 17.4. The SMILES string of the molecule is Cc1nn(C)c(N2CCOCC2)c1CN[C@H]1CCCc2c1cnn2C. The molecule has 0 radical (unpaired) electrons. The third-order valence-corrected chi connectivity index (χ3v) is 5.52. The smallest absolute Gasteiger partial charge is 0.131 e. The van der Waals surface area contributed by atoms with Crippen molar-refractivity contribution in [1.82, 2.24) is 24.9 Å². The van der Waals surface area contributed by atoms with Gasteiger partial charge in [0, 0.05) is 56.6 Å². The number of rotatable bonds is 4. The van der Waals surface area contributed by atoms with Gasteiger partial charge in [0.05, 0.1) is 25.1 Å². The first-order chi connectivity index (χ1) is 12.1. The Morgan fingerprint density at radius 1 is 1.24 bits per heavy atom. The van der Waals surface area contributed by atoms with Gasteiger partial charge in [0.15, 0.2) is 0 Å². The van der Waals surface area contributed by atoms with E-state index in [9.17, 15) is 0 Å². The van der Waals surface area contributed by atoms with Crippen molar-refractivity contribution in [2.24, 2.45) is 14.1 Å². The quantitative estimate of drug-likeness (QED) is 0.910. The van der Waals surface area contributed by atoms with E-state index in [-0.39, 0.29) is 0 Å². The molecule has 136 valence electrons. The highest BCUT2D eigenvalue weighted by Crippen LogP contribution is 2.31. The second kappa shape index (κ2) is 6.80. The van der Waals surface area contributed by atoms with E-state index in [4.69, 9.17) is 4.74 Å². The average Bonchev–Trinajstić information content (AvgIpc) is 3.14. The Balaban J connectivity index is 1.54. The first-order valence-corrected chi connectivity index (χ1v) is 9.24. The fraction of sp³-hybridized carbons (Fsp3) is 0.667. The summed E-state index contributed by atoms with van der Waals surface area (Å²) in [4.78, 5) is 2.40. The molecule has 3 heterocycles. The van der Waals surface area contributed by atoms with Gasteiger partial charge >= 0.3 is 0 Å². The summed E-state index contributed by atoms with van der Waals surface area (Å²) in [5, 5.41) is 12.9. The van der Waals surface area contributed by atoms with E-state index in [1.807, 2.05) is 29.7 Å². The Bertz CT molecular complexity index is 743. The van der Waals surface area contributed by atoms with Crippen LogP contribution in [0.3, 0.4) is 0 Å². The third kappa shape index (κ3) is 3.06. The third-order valence-electron chi connectivity index (χ3n) is 5.52. The summed E-state index contributed by atoms with van der Waals surface area (Å²) in [5.74, 6) is 1.23. The summed E-state index contributed by atoms with van der Waals surface area (Å²) >= 11 is 0. The second-order valence-corrected chi connectivity index (χ2v) is 7.11. The van der Waals surface area contributed by atoms with Crippen molar-refractivity contribution in [1.29, 1.82) is 0 Å². The predicted molar refractivity (Wildman–Crippen MR) is 96.7 cm³/mol. The molecule has 0 unspecified atom stereocenters. The molecule has 0 bridgehead atoms. The van der Waals surface area contributed by atoms with Crippen LogP contribution in [0.2, 0.25) is 0 Å². The number of aryl methyl sites for hydroxylation is 3. The lowest BCUT2D eigenvalue weighted by Crippen LogP contribution is -2.38. The molecular formula is C18H28N6O. The highest BCUT2D eigenvalue weighted by Gasteiger charge is 2.25. The minimum atomic E-state index is 0.384. The molecule has 1 N–H and O–H groups in total. The number of fused-ring (bicyclic) bond motifs is 1. The van der Waals surface area contributed by atoms with Gasteiger partial charge in [0.1, 0.15) is 5.82 Å². The number of ether oxygens (including phenoxy) is 1. The maximum absolute atomic E-state index is 5.51. The van der Waals surface area contributed by atoms with Gasteiger partial charge in [-0.25, -0.2) is 0 Å². The number of morpholine rings is 1. The number of nitrogens with zero attached hydrogens (tertiary/aromatic N) is 5. The van der Waals surface area contributed by atoms with Gasteiger partial charge in [-0.05, 0) is 26.2 Å². The van der Waals surface area contributed by atoms with Crippen LogP contribution in [0.25, 0.3) is 0 Å². The zero-order valence-electron chi connectivity index (χ0n) is 15.5. The highest BCUT2D eigenvalue weighted by atomic mass is 16.5. The van der Waals surface area contributed by atoms with Gasteiger partial charge in [0.25, 0.3) is 0 Å². The molecule has 2 aliphatic rings. The Kier molecular flexibility index (Phi) is 4.52. The highest BCUT2D eigenvalue weighted by molar-refractivity contribution is 5.50. The summed E-state index contributed by atoms with van der Waals surface area (Å²) in [6.07, 6.45) is 5.55. The van der Waals surface area contributed by atoms with Gasteiger partial charge < -0.3 is 15.0 Å². The molecule has 0 aromatic carbocycles. The second-order valence-electron chi connectivity index (χ2n) is 7.11. The molecular weight excluding hydrogens is 316 g/mol. The van der Waals surface area contributed by atoms with Crippen LogP contribution in [-0.4, -0.2) is 45.9 Å². The average molecular weight is 344 g/mol. The van der Waals surface area contributed by atoms with Crippen LogP contribution in [0.15, 0.2) is 6.20 Å². The van der Waals surface area contributed by atoms with Gasteiger partial charge in [-0.2, -0.15) is 10.2 Å². The van der Waals surface area contributed by atoms with Crippen molar-refractivity contribution in [3.05, 3.63) is 28.7 Å². The molecule has 1 saturated heterocycles. The van der Waals surface area contributed by atoms with Crippen LogP contribution < -0.4 is 10.2 Å². The van der Waals surface area contributed by atoms with E-state index in [1.165, 1.54) is 35.5 Å². The van der Waals surface area contributed by atoms with E-state index in [1.54, 1.807) is 0 Å². The van der Waals surface area contributed by atoms with E-state index < -0.39 is 0 Å². The molecule has 2 aromatic rings. The molecule has 25 heavy (non-hydrogen) atoms. The van der Waals surface area contributed by atoms with Crippen LogP contribution in [0, 0.1) is 6.92 Å². The van der Waals surface area contributed by atoms with E-state index >= 15 is 0 Å². The number of aromatic nitrogens is 4.